The number of aryl methyl sites for hydroxylation is 1. The second kappa shape index (κ2) is 7.74. The van der Waals surface area contributed by atoms with Crippen LogP contribution in [0.2, 0.25) is 0 Å². The topological polar surface area (TPSA) is 6.48 Å². The largest absolute Gasteiger partial charge is 0.371 e. The number of rotatable bonds is 6. The molecule has 1 aromatic rings. The fourth-order valence-corrected chi connectivity index (χ4v) is 3.64. The lowest BCUT2D eigenvalue weighted by Gasteiger charge is -2.38. The molecule has 0 saturated heterocycles. The van der Waals surface area contributed by atoms with E-state index in [1.165, 1.54) is 11.3 Å². The van der Waals surface area contributed by atoms with Gasteiger partial charge in [0, 0.05) is 25.3 Å². The van der Waals surface area contributed by atoms with Gasteiger partial charge in [-0.25, -0.2) is 0 Å². The van der Waals surface area contributed by atoms with Crippen LogP contribution in [-0.2, 0) is 0 Å². The minimum absolute atomic E-state index is 0.00312. The Bertz CT molecular complexity index is 626. The molecule has 1 aromatic carbocycles. The summed E-state index contributed by atoms with van der Waals surface area (Å²) in [6.07, 6.45) is 4.20. The van der Waals surface area contributed by atoms with Crippen molar-refractivity contribution in [3.8, 4) is 0 Å². The number of nitrogens with zero attached hydrogens (tertiary/aromatic N) is 2. The summed E-state index contributed by atoms with van der Waals surface area (Å²) in [6, 6.07) is 8.45. The molecule has 23 heavy (non-hydrogen) atoms. The summed E-state index contributed by atoms with van der Waals surface area (Å²) >= 11 is 6.86. The van der Waals surface area contributed by atoms with Crippen molar-refractivity contribution in [3.63, 3.8) is 0 Å². The number of anilines is 1. The van der Waals surface area contributed by atoms with E-state index in [1.54, 1.807) is 0 Å². The molecular weight excluding hydrogens is 304 g/mol. The van der Waals surface area contributed by atoms with Crippen LogP contribution in [0.4, 0.5) is 5.69 Å². The van der Waals surface area contributed by atoms with Crippen molar-refractivity contribution < 1.29 is 0 Å². The summed E-state index contributed by atoms with van der Waals surface area (Å²) in [5, 5.41) is 0.867. The van der Waals surface area contributed by atoms with Gasteiger partial charge in [0.25, 0.3) is 0 Å². The summed E-state index contributed by atoms with van der Waals surface area (Å²) in [6.45, 7) is 15.6. The number of allylic oxidation sites excluding steroid dienone is 1. The van der Waals surface area contributed by atoms with Crippen molar-refractivity contribution in [2.45, 2.75) is 33.7 Å². The molecule has 1 aliphatic rings. The first-order valence-corrected chi connectivity index (χ1v) is 8.76. The highest BCUT2D eigenvalue weighted by atomic mass is 35.5. The highest BCUT2D eigenvalue weighted by Gasteiger charge is 2.29. The first kappa shape index (κ1) is 17.7. The first-order chi connectivity index (χ1) is 11.0. The zero-order valence-corrected chi connectivity index (χ0v) is 15.4. The molecule has 2 rings (SSSR count). The van der Waals surface area contributed by atoms with Gasteiger partial charge in [-0.1, -0.05) is 42.5 Å². The smallest absolute Gasteiger partial charge is 0.0916 e. The van der Waals surface area contributed by atoms with Crippen LogP contribution < -0.4 is 4.90 Å². The van der Waals surface area contributed by atoms with Gasteiger partial charge in [-0.3, -0.25) is 0 Å². The third-order valence-corrected chi connectivity index (χ3v) is 4.87. The van der Waals surface area contributed by atoms with Crippen LogP contribution in [0.5, 0.6) is 0 Å². The predicted octanol–water partition coefficient (Wildman–Crippen LogP) is 5.11. The zero-order chi connectivity index (χ0) is 17.0. The lowest BCUT2D eigenvalue weighted by molar-refractivity contribution is 0.389. The van der Waals surface area contributed by atoms with Crippen LogP contribution in [-0.4, -0.2) is 30.6 Å². The maximum atomic E-state index is 6.86. The van der Waals surface area contributed by atoms with E-state index >= 15 is 0 Å². The Morgan fingerprint density at radius 3 is 2.26 bits per heavy atom. The highest BCUT2D eigenvalue weighted by Crippen LogP contribution is 2.35. The average Bonchev–Trinajstić information content (AvgIpc) is 2.55. The summed E-state index contributed by atoms with van der Waals surface area (Å²) < 4.78 is 0. The maximum absolute atomic E-state index is 6.86. The molecule has 1 atom stereocenters. The van der Waals surface area contributed by atoms with E-state index in [4.69, 9.17) is 11.6 Å². The van der Waals surface area contributed by atoms with Crippen LogP contribution in [0.1, 0.15) is 26.3 Å². The lowest BCUT2D eigenvalue weighted by atomic mass is 9.97. The van der Waals surface area contributed by atoms with Crippen LogP contribution in [0.25, 0.3) is 0 Å². The van der Waals surface area contributed by atoms with Gasteiger partial charge in [-0.15, -0.1) is 0 Å². The minimum atomic E-state index is 0.00312. The Labute approximate surface area is 145 Å². The van der Waals surface area contributed by atoms with Gasteiger partial charge in [0.2, 0.25) is 0 Å². The molecule has 0 bridgehead atoms. The van der Waals surface area contributed by atoms with Gasteiger partial charge in [-0.05, 0) is 51.0 Å². The normalized spacial score (nSPS) is 17.6. The van der Waals surface area contributed by atoms with Gasteiger partial charge in [-0.2, -0.15) is 0 Å². The van der Waals surface area contributed by atoms with Gasteiger partial charge in [0.05, 0.1) is 16.8 Å². The highest BCUT2D eigenvalue weighted by molar-refractivity contribution is 6.31. The van der Waals surface area contributed by atoms with E-state index in [2.05, 4.69) is 80.5 Å². The number of benzene rings is 1. The Hall–Kier alpha value is -1.67. The van der Waals surface area contributed by atoms with E-state index in [1.807, 2.05) is 0 Å². The quantitative estimate of drug-likeness (QED) is 0.715. The molecule has 0 amide bonds. The van der Waals surface area contributed by atoms with Gasteiger partial charge in [0.1, 0.15) is 0 Å². The van der Waals surface area contributed by atoms with Gasteiger partial charge in [0.15, 0.2) is 0 Å². The maximum Gasteiger partial charge on any atom is 0.0916 e. The Balaban J connectivity index is 2.48. The third kappa shape index (κ3) is 3.48. The van der Waals surface area contributed by atoms with Crippen molar-refractivity contribution >= 4 is 17.3 Å². The number of hydrogen-bond acceptors (Lipinski definition) is 2. The van der Waals surface area contributed by atoms with Crippen LogP contribution in [0.3, 0.4) is 0 Å². The molecular formula is C20H27ClN2. The number of halogens is 1. The van der Waals surface area contributed by atoms with E-state index in [0.29, 0.717) is 0 Å². The molecule has 1 unspecified atom stereocenters. The molecule has 0 saturated carbocycles. The Kier molecular flexibility index (Phi) is 5.95. The minimum Gasteiger partial charge on any atom is -0.371 e. The van der Waals surface area contributed by atoms with Crippen molar-refractivity contribution in [2.75, 3.05) is 24.5 Å². The van der Waals surface area contributed by atoms with E-state index in [-0.39, 0.29) is 6.04 Å². The molecule has 0 fully saturated rings. The Morgan fingerprint density at radius 1 is 1.04 bits per heavy atom. The molecule has 1 aliphatic carbocycles. The molecule has 0 heterocycles. The SMILES string of the molecule is C=C1C=CC(N(CC)CC)=C(Cl)C1N(CC)c1ccccc1C. The number of likely N-dealkylation sites (N-methyl/N-ethyl adjacent to an activating group) is 2. The summed E-state index contributed by atoms with van der Waals surface area (Å²) in [4.78, 5) is 4.64. The molecule has 0 aromatic heterocycles. The van der Waals surface area contributed by atoms with Crippen LogP contribution in [0.15, 0.2) is 59.3 Å². The molecule has 0 radical (unpaired) electrons. The summed E-state index contributed by atoms with van der Waals surface area (Å²) in [5.41, 5.74) is 4.62. The van der Waals surface area contributed by atoms with E-state index in [0.717, 1.165) is 35.9 Å². The molecule has 3 heteroatoms. The van der Waals surface area contributed by atoms with E-state index in [9.17, 15) is 0 Å². The number of hydrogen-bond donors (Lipinski definition) is 0. The first-order valence-electron chi connectivity index (χ1n) is 8.38. The zero-order valence-electron chi connectivity index (χ0n) is 14.6. The van der Waals surface area contributed by atoms with Crippen molar-refractivity contribution in [2.24, 2.45) is 0 Å². The second-order valence-electron chi connectivity index (χ2n) is 5.79. The molecule has 124 valence electrons. The van der Waals surface area contributed by atoms with Crippen LogP contribution in [0, 0.1) is 6.92 Å². The average molecular weight is 331 g/mol. The lowest BCUT2D eigenvalue weighted by Crippen LogP contribution is -2.40. The Morgan fingerprint density at radius 2 is 1.70 bits per heavy atom. The summed E-state index contributed by atoms with van der Waals surface area (Å²) in [7, 11) is 0. The molecule has 0 aliphatic heterocycles. The van der Waals surface area contributed by atoms with Crippen molar-refractivity contribution in [3.05, 3.63) is 64.9 Å². The summed E-state index contributed by atoms with van der Waals surface area (Å²) in [5.74, 6) is 0. The van der Waals surface area contributed by atoms with Crippen molar-refractivity contribution in [1.82, 2.24) is 4.90 Å². The van der Waals surface area contributed by atoms with Gasteiger partial charge >= 0.3 is 0 Å². The van der Waals surface area contributed by atoms with Crippen LogP contribution >= 0.6 is 11.6 Å². The second-order valence-corrected chi connectivity index (χ2v) is 6.20. The number of para-hydroxylation sites is 1. The molecule has 2 nitrogen and oxygen atoms in total. The standard InChI is InChI=1S/C20H27ClN2/c1-6-22(7-2)18-14-13-16(5)20(19(18)21)23(8-3)17-12-10-9-11-15(17)4/h9-14,20H,5-8H2,1-4H3. The monoisotopic (exact) mass is 330 g/mol. The van der Waals surface area contributed by atoms with Gasteiger partial charge < -0.3 is 9.80 Å². The predicted molar refractivity (Wildman–Crippen MR) is 102 cm³/mol. The van der Waals surface area contributed by atoms with Crippen molar-refractivity contribution in [1.29, 1.82) is 0 Å². The molecule has 0 spiro atoms. The molecule has 0 N–H and O–H groups in total. The third-order valence-electron chi connectivity index (χ3n) is 4.47. The van der Waals surface area contributed by atoms with E-state index < -0.39 is 0 Å². The fourth-order valence-electron chi connectivity index (χ4n) is 3.19. The fraction of sp³-hybridized carbons (Fsp3) is 0.400.